The topological polar surface area (TPSA) is 31.2 Å². The number of rotatable bonds is 3. The van der Waals surface area contributed by atoms with Gasteiger partial charge in [0.05, 0.1) is 12.8 Å². The molecule has 2 aromatic rings. The highest BCUT2D eigenvalue weighted by molar-refractivity contribution is 5.90. The summed E-state index contributed by atoms with van der Waals surface area (Å²) < 4.78 is 7.38. The van der Waals surface area contributed by atoms with E-state index in [4.69, 9.17) is 4.74 Å². The van der Waals surface area contributed by atoms with E-state index in [0.717, 1.165) is 28.6 Å². The quantitative estimate of drug-likeness (QED) is 0.757. The van der Waals surface area contributed by atoms with Gasteiger partial charge < -0.3 is 9.30 Å². The van der Waals surface area contributed by atoms with Crippen molar-refractivity contribution in [1.29, 1.82) is 0 Å². The molecule has 0 atom stereocenters. The Hall–Kier alpha value is -1.77. The van der Waals surface area contributed by atoms with Crippen LogP contribution < -0.4 is 4.74 Å². The van der Waals surface area contributed by atoms with Crippen LogP contribution in [-0.2, 0) is 0 Å². The number of aromatic nitrogens is 1. The van der Waals surface area contributed by atoms with E-state index in [-0.39, 0.29) is 0 Å². The number of carbonyl (C=O) groups excluding carboxylic acids is 1. The van der Waals surface area contributed by atoms with Gasteiger partial charge in [-0.15, -0.1) is 0 Å². The van der Waals surface area contributed by atoms with Gasteiger partial charge in [0.15, 0.2) is 6.29 Å². The van der Waals surface area contributed by atoms with Gasteiger partial charge in [-0.2, -0.15) is 0 Å². The lowest BCUT2D eigenvalue weighted by Gasteiger charge is -2.29. The second-order valence-corrected chi connectivity index (χ2v) is 4.57. The van der Waals surface area contributed by atoms with Gasteiger partial charge in [-0.25, -0.2) is 0 Å². The summed E-state index contributed by atoms with van der Waals surface area (Å²) in [5.74, 6) is 0.834. The lowest BCUT2D eigenvalue weighted by molar-refractivity contribution is 0.111. The molecule has 17 heavy (non-hydrogen) atoms. The summed E-state index contributed by atoms with van der Waals surface area (Å²) in [5.41, 5.74) is 1.91. The van der Waals surface area contributed by atoms with Crippen LogP contribution in [0.2, 0.25) is 0 Å². The number of hydrogen-bond acceptors (Lipinski definition) is 2. The van der Waals surface area contributed by atoms with Crippen LogP contribution in [0.5, 0.6) is 5.75 Å². The normalized spacial score (nSPS) is 15.8. The van der Waals surface area contributed by atoms with Gasteiger partial charge in [-0.1, -0.05) is 0 Å². The lowest BCUT2D eigenvalue weighted by atomic mass is 9.92. The largest absolute Gasteiger partial charge is 0.497 e. The first-order valence-electron chi connectivity index (χ1n) is 5.97. The first-order valence-corrected chi connectivity index (χ1v) is 5.97. The van der Waals surface area contributed by atoms with Crippen LogP contribution in [0.15, 0.2) is 24.3 Å². The molecule has 0 aliphatic heterocycles. The number of hydrogen-bond donors (Lipinski definition) is 0. The van der Waals surface area contributed by atoms with Crippen LogP contribution in [0, 0.1) is 0 Å². The fourth-order valence-electron chi connectivity index (χ4n) is 2.51. The zero-order chi connectivity index (χ0) is 11.8. The minimum absolute atomic E-state index is 0.501. The third-order valence-electron chi connectivity index (χ3n) is 3.64. The Bertz CT molecular complexity index is 567. The molecule has 0 amide bonds. The Morgan fingerprint density at radius 2 is 2.18 bits per heavy atom. The monoisotopic (exact) mass is 229 g/mol. The molecule has 1 aromatic heterocycles. The van der Waals surface area contributed by atoms with E-state index in [9.17, 15) is 4.79 Å². The summed E-state index contributed by atoms with van der Waals surface area (Å²) in [7, 11) is 1.66. The first-order chi connectivity index (χ1) is 8.33. The Balaban J connectivity index is 2.20. The summed E-state index contributed by atoms with van der Waals surface area (Å²) in [4.78, 5) is 11.1. The number of aldehydes is 1. The van der Waals surface area contributed by atoms with Gasteiger partial charge >= 0.3 is 0 Å². The molecule has 1 aliphatic carbocycles. The number of methoxy groups -OCH3 is 1. The molecule has 1 aromatic carbocycles. The average Bonchev–Trinajstić information content (AvgIpc) is 2.65. The van der Waals surface area contributed by atoms with Gasteiger partial charge in [0, 0.05) is 16.9 Å². The maximum absolute atomic E-state index is 11.1. The van der Waals surface area contributed by atoms with Crippen LogP contribution in [-0.4, -0.2) is 18.0 Å². The second-order valence-electron chi connectivity index (χ2n) is 4.57. The van der Waals surface area contributed by atoms with Crippen LogP contribution in [0.1, 0.15) is 35.8 Å². The van der Waals surface area contributed by atoms with E-state index in [0.29, 0.717) is 6.04 Å². The summed E-state index contributed by atoms with van der Waals surface area (Å²) in [6.07, 6.45) is 4.57. The molecule has 0 radical (unpaired) electrons. The van der Waals surface area contributed by atoms with Crippen LogP contribution in [0.25, 0.3) is 10.9 Å². The van der Waals surface area contributed by atoms with Crippen molar-refractivity contribution < 1.29 is 9.53 Å². The van der Waals surface area contributed by atoms with E-state index in [1.165, 1.54) is 19.3 Å². The Labute approximate surface area is 100.0 Å². The van der Waals surface area contributed by atoms with Gasteiger partial charge in [0.2, 0.25) is 0 Å². The molecule has 3 nitrogen and oxygen atoms in total. The number of ether oxygens (including phenoxy) is 1. The van der Waals surface area contributed by atoms with E-state index in [2.05, 4.69) is 4.57 Å². The summed E-state index contributed by atoms with van der Waals surface area (Å²) >= 11 is 0. The van der Waals surface area contributed by atoms with Crippen molar-refractivity contribution >= 4 is 17.2 Å². The average molecular weight is 229 g/mol. The molecule has 1 fully saturated rings. The Morgan fingerprint density at radius 1 is 1.35 bits per heavy atom. The van der Waals surface area contributed by atoms with Crippen LogP contribution in [0.4, 0.5) is 0 Å². The molecular weight excluding hydrogens is 214 g/mol. The van der Waals surface area contributed by atoms with E-state index < -0.39 is 0 Å². The first kappa shape index (κ1) is 10.4. The lowest BCUT2D eigenvalue weighted by Crippen LogP contribution is -2.18. The Morgan fingerprint density at radius 3 is 2.76 bits per heavy atom. The molecule has 0 spiro atoms. The van der Waals surface area contributed by atoms with Crippen LogP contribution >= 0.6 is 0 Å². The molecule has 3 rings (SSSR count). The molecule has 0 bridgehead atoms. The molecular formula is C14H15NO2. The van der Waals surface area contributed by atoms with E-state index >= 15 is 0 Å². The summed E-state index contributed by atoms with van der Waals surface area (Å²) in [6.45, 7) is 0. The molecule has 88 valence electrons. The number of benzene rings is 1. The molecule has 0 N–H and O–H groups in total. The SMILES string of the molecule is COc1ccc2c(c1)cc(C=O)n2C1CCC1. The zero-order valence-corrected chi connectivity index (χ0v) is 9.85. The van der Waals surface area contributed by atoms with Crippen molar-refractivity contribution in [3.05, 3.63) is 30.0 Å². The van der Waals surface area contributed by atoms with Gasteiger partial charge in [-0.3, -0.25) is 4.79 Å². The van der Waals surface area contributed by atoms with Gasteiger partial charge in [0.25, 0.3) is 0 Å². The van der Waals surface area contributed by atoms with Gasteiger partial charge in [0.1, 0.15) is 5.75 Å². The van der Waals surface area contributed by atoms with Crippen molar-refractivity contribution in [2.75, 3.05) is 7.11 Å². The predicted octanol–water partition coefficient (Wildman–Crippen LogP) is 3.19. The minimum atomic E-state index is 0.501. The number of carbonyl (C=O) groups is 1. The predicted molar refractivity (Wildman–Crippen MR) is 66.8 cm³/mol. The van der Waals surface area contributed by atoms with Crippen molar-refractivity contribution in [1.82, 2.24) is 4.57 Å². The van der Waals surface area contributed by atoms with Crippen LogP contribution in [0.3, 0.4) is 0 Å². The number of nitrogens with zero attached hydrogens (tertiary/aromatic N) is 1. The molecule has 1 aliphatic rings. The Kier molecular flexibility index (Phi) is 2.39. The highest BCUT2D eigenvalue weighted by Gasteiger charge is 2.23. The third-order valence-corrected chi connectivity index (χ3v) is 3.64. The zero-order valence-electron chi connectivity index (χ0n) is 9.85. The molecule has 3 heteroatoms. The molecule has 0 unspecified atom stereocenters. The highest BCUT2D eigenvalue weighted by Crippen LogP contribution is 2.36. The summed E-state index contributed by atoms with van der Waals surface area (Å²) in [5, 5.41) is 1.08. The van der Waals surface area contributed by atoms with Crippen molar-refractivity contribution in [3.8, 4) is 5.75 Å². The second kappa shape index (κ2) is 3.91. The number of fused-ring (bicyclic) bond motifs is 1. The fraction of sp³-hybridized carbons (Fsp3) is 0.357. The molecule has 1 heterocycles. The summed E-state index contributed by atoms with van der Waals surface area (Å²) in [6, 6.07) is 8.42. The maximum Gasteiger partial charge on any atom is 0.166 e. The van der Waals surface area contributed by atoms with Gasteiger partial charge in [-0.05, 0) is 43.5 Å². The van der Waals surface area contributed by atoms with Crippen molar-refractivity contribution in [3.63, 3.8) is 0 Å². The van der Waals surface area contributed by atoms with E-state index in [1.807, 2.05) is 24.3 Å². The van der Waals surface area contributed by atoms with Crippen molar-refractivity contribution in [2.45, 2.75) is 25.3 Å². The maximum atomic E-state index is 11.1. The fourth-order valence-corrected chi connectivity index (χ4v) is 2.51. The molecule has 1 saturated carbocycles. The highest BCUT2D eigenvalue weighted by atomic mass is 16.5. The standard InChI is InChI=1S/C14H15NO2/c1-17-13-5-6-14-10(8-13)7-12(9-16)15(14)11-3-2-4-11/h5-9,11H,2-4H2,1H3. The minimum Gasteiger partial charge on any atom is -0.497 e. The smallest absolute Gasteiger partial charge is 0.166 e. The van der Waals surface area contributed by atoms with E-state index in [1.54, 1.807) is 7.11 Å². The van der Waals surface area contributed by atoms with Crippen molar-refractivity contribution in [2.24, 2.45) is 0 Å². The third kappa shape index (κ3) is 1.54. The molecule has 0 saturated heterocycles.